The predicted molar refractivity (Wildman–Crippen MR) is 112 cm³/mol. The van der Waals surface area contributed by atoms with Gasteiger partial charge in [-0.1, -0.05) is 40.2 Å². The smallest absolute Gasteiger partial charge is 0.193 e. The topological polar surface area (TPSA) is 58.3 Å². The molecule has 0 aliphatic carbocycles. The number of aromatic nitrogens is 3. The minimum atomic E-state index is 0.656. The number of nitrogens with one attached hydrogen (secondary N) is 1. The second-order valence-electron chi connectivity index (χ2n) is 6.22. The summed E-state index contributed by atoms with van der Waals surface area (Å²) in [7, 11) is 3.82. The van der Waals surface area contributed by atoms with Crippen molar-refractivity contribution in [1.29, 1.82) is 0 Å². The number of pyridine rings is 1. The SMILES string of the molecule is CN=C(NCc1ccc(-n2ccnc2C)nc1)N(C)Cc1ccccc1Br. The molecule has 0 spiro atoms. The van der Waals surface area contributed by atoms with Gasteiger partial charge < -0.3 is 10.2 Å². The molecule has 3 aromatic rings. The van der Waals surface area contributed by atoms with Crippen LogP contribution in [0.3, 0.4) is 0 Å². The van der Waals surface area contributed by atoms with E-state index >= 15 is 0 Å². The lowest BCUT2D eigenvalue weighted by atomic mass is 10.2. The van der Waals surface area contributed by atoms with E-state index in [4.69, 9.17) is 0 Å². The lowest BCUT2D eigenvalue weighted by Crippen LogP contribution is -2.38. The Hall–Kier alpha value is -2.67. The largest absolute Gasteiger partial charge is 0.352 e. The molecule has 1 N–H and O–H groups in total. The van der Waals surface area contributed by atoms with E-state index in [1.165, 1.54) is 5.56 Å². The first-order chi connectivity index (χ1) is 13.1. The van der Waals surface area contributed by atoms with Gasteiger partial charge in [0.2, 0.25) is 0 Å². The van der Waals surface area contributed by atoms with Gasteiger partial charge in [0.15, 0.2) is 5.96 Å². The molecule has 0 atom stereocenters. The van der Waals surface area contributed by atoms with Gasteiger partial charge in [-0.15, -0.1) is 0 Å². The normalized spacial score (nSPS) is 11.5. The van der Waals surface area contributed by atoms with Crippen LogP contribution in [0.5, 0.6) is 0 Å². The lowest BCUT2D eigenvalue weighted by Gasteiger charge is -2.22. The Morgan fingerprint density at radius 1 is 1.22 bits per heavy atom. The number of benzene rings is 1. The molecule has 2 aromatic heterocycles. The summed E-state index contributed by atoms with van der Waals surface area (Å²) in [4.78, 5) is 15.2. The molecule has 0 bridgehead atoms. The molecule has 27 heavy (non-hydrogen) atoms. The van der Waals surface area contributed by atoms with Crippen LogP contribution in [-0.2, 0) is 13.1 Å². The Balaban J connectivity index is 1.61. The fraction of sp³-hybridized carbons (Fsp3) is 0.250. The van der Waals surface area contributed by atoms with Crippen molar-refractivity contribution in [3.05, 3.63) is 76.4 Å². The van der Waals surface area contributed by atoms with Gasteiger partial charge in [0.05, 0.1) is 0 Å². The number of imidazole rings is 1. The van der Waals surface area contributed by atoms with Gasteiger partial charge in [0.1, 0.15) is 11.6 Å². The van der Waals surface area contributed by atoms with E-state index in [0.29, 0.717) is 6.54 Å². The van der Waals surface area contributed by atoms with Crippen LogP contribution in [0.15, 0.2) is 64.5 Å². The molecule has 7 heteroatoms. The van der Waals surface area contributed by atoms with Crippen molar-refractivity contribution in [3.8, 4) is 5.82 Å². The van der Waals surface area contributed by atoms with E-state index in [1.54, 1.807) is 13.2 Å². The molecule has 0 saturated carbocycles. The minimum absolute atomic E-state index is 0.656. The first-order valence-corrected chi connectivity index (χ1v) is 9.48. The van der Waals surface area contributed by atoms with Crippen molar-refractivity contribution < 1.29 is 0 Å². The van der Waals surface area contributed by atoms with Crippen molar-refractivity contribution in [2.24, 2.45) is 4.99 Å². The number of nitrogens with zero attached hydrogens (tertiary/aromatic N) is 5. The standard InChI is InChI=1S/C20H23BrN6/c1-15-23-10-11-27(15)19-9-8-16(12-24-19)13-25-20(22-2)26(3)14-17-6-4-5-7-18(17)21/h4-12H,13-14H2,1-3H3,(H,22,25). The van der Waals surface area contributed by atoms with Gasteiger partial charge >= 0.3 is 0 Å². The zero-order valence-electron chi connectivity index (χ0n) is 15.7. The second kappa shape index (κ2) is 8.81. The predicted octanol–water partition coefficient (Wildman–Crippen LogP) is 3.55. The van der Waals surface area contributed by atoms with Crippen LogP contribution >= 0.6 is 15.9 Å². The van der Waals surface area contributed by atoms with Crippen molar-refractivity contribution in [1.82, 2.24) is 24.8 Å². The van der Waals surface area contributed by atoms with Crippen molar-refractivity contribution in [2.75, 3.05) is 14.1 Å². The van der Waals surface area contributed by atoms with E-state index in [2.05, 4.69) is 59.3 Å². The van der Waals surface area contributed by atoms with Gasteiger partial charge in [-0.2, -0.15) is 0 Å². The van der Waals surface area contributed by atoms with E-state index in [1.807, 2.05) is 49.1 Å². The average molecular weight is 427 g/mol. The molecule has 2 heterocycles. The number of guanidine groups is 1. The Labute approximate surface area is 168 Å². The zero-order valence-corrected chi connectivity index (χ0v) is 17.3. The van der Waals surface area contributed by atoms with E-state index < -0.39 is 0 Å². The minimum Gasteiger partial charge on any atom is -0.352 e. The molecule has 6 nitrogen and oxygen atoms in total. The van der Waals surface area contributed by atoms with E-state index in [-0.39, 0.29) is 0 Å². The summed E-state index contributed by atoms with van der Waals surface area (Å²) >= 11 is 3.60. The van der Waals surface area contributed by atoms with Gasteiger partial charge in [0, 0.05) is 50.2 Å². The highest BCUT2D eigenvalue weighted by Gasteiger charge is 2.09. The Morgan fingerprint density at radius 2 is 2.04 bits per heavy atom. The summed E-state index contributed by atoms with van der Waals surface area (Å²) in [6, 6.07) is 12.3. The fourth-order valence-electron chi connectivity index (χ4n) is 2.81. The first-order valence-electron chi connectivity index (χ1n) is 8.69. The van der Waals surface area contributed by atoms with Crippen LogP contribution in [0.25, 0.3) is 5.82 Å². The summed E-state index contributed by atoms with van der Waals surface area (Å²) in [6.07, 6.45) is 5.56. The van der Waals surface area contributed by atoms with E-state index in [0.717, 1.165) is 34.2 Å². The molecule has 0 amide bonds. The van der Waals surface area contributed by atoms with Crippen LogP contribution in [0.4, 0.5) is 0 Å². The third-order valence-corrected chi connectivity index (χ3v) is 5.04. The Morgan fingerprint density at radius 3 is 2.67 bits per heavy atom. The third kappa shape index (κ3) is 4.74. The van der Waals surface area contributed by atoms with Gasteiger partial charge in [-0.25, -0.2) is 9.97 Å². The fourth-order valence-corrected chi connectivity index (χ4v) is 3.22. The molecule has 0 aliphatic heterocycles. The van der Waals surface area contributed by atoms with Crippen molar-refractivity contribution in [2.45, 2.75) is 20.0 Å². The molecule has 1 aromatic carbocycles. The van der Waals surface area contributed by atoms with Crippen LogP contribution in [0, 0.1) is 6.92 Å². The number of rotatable bonds is 5. The molecule has 0 fully saturated rings. The van der Waals surface area contributed by atoms with Crippen LogP contribution in [-0.4, -0.2) is 39.5 Å². The van der Waals surface area contributed by atoms with Crippen molar-refractivity contribution in [3.63, 3.8) is 0 Å². The monoisotopic (exact) mass is 426 g/mol. The van der Waals surface area contributed by atoms with Crippen LogP contribution in [0.1, 0.15) is 17.0 Å². The summed E-state index contributed by atoms with van der Waals surface area (Å²) in [5.41, 5.74) is 2.30. The number of aliphatic imine (C=N–C) groups is 1. The lowest BCUT2D eigenvalue weighted by molar-refractivity contribution is 0.475. The van der Waals surface area contributed by atoms with Gasteiger partial charge in [-0.3, -0.25) is 9.56 Å². The third-order valence-electron chi connectivity index (χ3n) is 4.27. The average Bonchev–Trinajstić information content (AvgIpc) is 3.10. The molecule has 140 valence electrons. The van der Waals surface area contributed by atoms with Crippen molar-refractivity contribution >= 4 is 21.9 Å². The maximum Gasteiger partial charge on any atom is 0.193 e. The molecule has 0 unspecified atom stereocenters. The Bertz CT molecular complexity index is 916. The Kier molecular flexibility index (Phi) is 6.24. The highest BCUT2D eigenvalue weighted by Crippen LogP contribution is 2.17. The number of hydrogen-bond donors (Lipinski definition) is 1. The number of halogens is 1. The molecular weight excluding hydrogens is 404 g/mol. The van der Waals surface area contributed by atoms with Gasteiger partial charge in [-0.05, 0) is 30.2 Å². The molecule has 0 radical (unpaired) electrons. The second-order valence-corrected chi connectivity index (χ2v) is 7.07. The summed E-state index contributed by atoms with van der Waals surface area (Å²) in [5.74, 6) is 2.62. The highest BCUT2D eigenvalue weighted by molar-refractivity contribution is 9.10. The quantitative estimate of drug-likeness (QED) is 0.500. The molecule has 0 aliphatic rings. The molecule has 0 saturated heterocycles. The van der Waals surface area contributed by atoms with E-state index in [9.17, 15) is 0 Å². The molecular formula is C20H23BrN6. The molecule has 3 rings (SSSR count). The van der Waals surface area contributed by atoms with Gasteiger partial charge in [0.25, 0.3) is 0 Å². The summed E-state index contributed by atoms with van der Waals surface area (Å²) < 4.78 is 3.06. The number of aryl methyl sites for hydroxylation is 1. The zero-order chi connectivity index (χ0) is 19.2. The maximum absolute atomic E-state index is 4.53. The summed E-state index contributed by atoms with van der Waals surface area (Å²) in [6.45, 7) is 3.38. The summed E-state index contributed by atoms with van der Waals surface area (Å²) in [5, 5.41) is 3.39. The highest BCUT2D eigenvalue weighted by atomic mass is 79.9. The number of hydrogen-bond acceptors (Lipinski definition) is 3. The maximum atomic E-state index is 4.53. The van der Waals surface area contributed by atoms with Crippen LogP contribution in [0.2, 0.25) is 0 Å². The first kappa shape index (κ1) is 19.1. The van der Waals surface area contributed by atoms with Crippen LogP contribution < -0.4 is 5.32 Å².